The Kier molecular flexibility index (Phi) is 11.5. The first kappa shape index (κ1) is 31.6. The zero-order valence-electron chi connectivity index (χ0n) is 22.9. The molecule has 0 aromatic heterocycles. The van der Waals surface area contributed by atoms with E-state index in [2.05, 4.69) is 44.9 Å². The van der Waals surface area contributed by atoms with Crippen molar-refractivity contribution in [2.24, 2.45) is 4.99 Å². The molecule has 0 spiro atoms. The van der Waals surface area contributed by atoms with E-state index in [1.165, 1.54) is 5.56 Å². The molecule has 1 fully saturated rings. The second-order valence-corrected chi connectivity index (χ2v) is 11.2. The Morgan fingerprint density at radius 1 is 0.905 bits per heavy atom. The van der Waals surface area contributed by atoms with E-state index in [1.54, 1.807) is 6.07 Å². The summed E-state index contributed by atoms with van der Waals surface area (Å²) in [5.74, 6) is -1.20. The van der Waals surface area contributed by atoms with Crippen LogP contribution in [-0.2, 0) is 39.0 Å². The van der Waals surface area contributed by atoms with Crippen molar-refractivity contribution >= 4 is 45.9 Å². The van der Waals surface area contributed by atoms with Gasteiger partial charge < -0.3 is 15.2 Å². The molecule has 1 heterocycles. The Hall–Kier alpha value is -3.33. The van der Waals surface area contributed by atoms with Crippen molar-refractivity contribution in [3.63, 3.8) is 0 Å². The van der Waals surface area contributed by atoms with Crippen LogP contribution >= 0.6 is 22.6 Å². The van der Waals surface area contributed by atoms with Gasteiger partial charge >= 0.3 is 5.97 Å². The number of nitrogens with zero attached hydrogens (tertiary/aromatic N) is 3. The van der Waals surface area contributed by atoms with Crippen LogP contribution in [0.25, 0.3) is 5.32 Å². The van der Waals surface area contributed by atoms with Gasteiger partial charge in [-0.25, -0.2) is 4.79 Å². The number of aliphatic imine (C=N–C) groups is 1. The SMILES string of the molecule is O=C(O)[C@H](Cc1ccccc1I)N=C(c1ccccc1)c1ccccc1[N-]C(=O)[C@@H]1CCCN1Cc1ccccc1.[Ni]. The second-order valence-electron chi connectivity index (χ2n) is 10.1. The van der Waals surface area contributed by atoms with Gasteiger partial charge in [0.2, 0.25) is 0 Å². The van der Waals surface area contributed by atoms with Crippen LogP contribution in [0.2, 0.25) is 0 Å². The predicted octanol–water partition coefficient (Wildman–Crippen LogP) is 7.02. The fraction of sp³-hybridized carbons (Fsp3) is 0.206. The quantitative estimate of drug-likeness (QED) is 0.109. The monoisotopic (exact) mass is 714 g/mol. The molecule has 1 amide bonds. The van der Waals surface area contributed by atoms with Gasteiger partial charge in [0, 0.05) is 38.6 Å². The molecule has 1 saturated heterocycles. The van der Waals surface area contributed by atoms with Crippen molar-refractivity contribution in [2.45, 2.75) is 37.9 Å². The van der Waals surface area contributed by atoms with Crippen molar-refractivity contribution in [1.29, 1.82) is 0 Å². The molecule has 1 N–H and O–H groups in total. The molecule has 0 radical (unpaired) electrons. The molecular formula is C34H31IN3NiO3-. The summed E-state index contributed by atoms with van der Waals surface area (Å²) in [6, 6.07) is 33.4. The molecule has 1 aliphatic heterocycles. The third-order valence-corrected chi connectivity index (χ3v) is 8.31. The third-order valence-electron chi connectivity index (χ3n) is 7.26. The summed E-state index contributed by atoms with van der Waals surface area (Å²) in [4.78, 5) is 33.0. The molecule has 218 valence electrons. The first-order valence-corrected chi connectivity index (χ1v) is 14.8. The number of hydrogen-bond acceptors (Lipinski definition) is 4. The molecule has 0 bridgehead atoms. The second kappa shape index (κ2) is 15.2. The zero-order chi connectivity index (χ0) is 28.6. The number of carbonyl (C=O) groups is 2. The van der Waals surface area contributed by atoms with Crippen LogP contribution in [0, 0.1) is 3.57 Å². The molecule has 5 rings (SSSR count). The fourth-order valence-corrected chi connectivity index (χ4v) is 5.80. The smallest absolute Gasteiger partial charge is 0.328 e. The van der Waals surface area contributed by atoms with E-state index < -0.39 is 12.0 Å². The Balaban J connectivity index is 0.00000405. The Morgan fingerprint density at radius 3 is 2.26 bits per heavy atom. The maximum Gasteiger partial charge on any atom is 0.328 e. The van der Waals surface area contributed by atoms with Gasteiger partial charge in [0.15, 0.2) is 6.04 Å². The minimum absolute atomic E-state index is 0. The first-order valence-electron chi connectivity index (χ1n) is 13.7. The van der Waals surface area contributed by atoms with Gasteiger partial charge in [-0.1, -0.05) is 103 Å². The normalized spacial score (nSPS) is 15.9. The molecule has 6 nitrogen and oxygen atoms in total. The van der Waals surface area contributed by atoms with Gasteiger partial charge in [0.1, 0.15) is 0 Å². The molecule has 42 heavy (non-hydrogen) atoms. The summed E-state index contributed by atoms with van der Waals surface area (Å²) in [5, 5.41) is 14.8. The van der Waals surface area contributed by atoms with Crippen molar-refractivity contribution in [3.8, 4) is 0 Å². The largest absolute Gasteiger partial charge is 0.625 e. The minimum Gasteiger partial charge on any atom is -0.625 e. The van der Waals surface area contributed by atoms with Gasteiger partial charge in [-0.2, -0.15) is 0 Å². The van der Waals surface area contributed by atoms with Crippen LogP contribution in [0.1, 0.15) is 35.1 Å². The summed E-state index contributed by atoms with van der Waals surface area (Å²) >= 11 is 2.22. The van der Waals surface area contributed by atoms with Crippen LogP contribution in [0.5, 0.6) is 0 Å². The number of para-hydroxylation sites is 1. The van der Waals surface area contributed by atoms with E-state index in [0.29, 0.717) is 23.5 Å². The van der Waals surface area contributed by atoms with E-state index in [9.17, 15) is 14.7 Å². The van der Waals surface area contributed by atoms with Gasteiger partial charge in [-0.3, -0.25) is 9.89 Å². The van der Waals surface area contributed by atoms with Crippen LogP contribution in [0.3, 0.4) is 0 Å². The number of carboxylic acid groups (broad SMARTS) is 1. The van der Waals surface area contributed by atoms with Crippen LogP contribution in [0.4, 0.5) is 5.69 Å². The first-order chi connectivity index (χ1) is 20.0. The summed E-state index contributed by atoms with van der Waals surface area (Å²) in [6.45, 7) is 1.54. The van der Waals surface area contributed by atoms with Crippen molar-refractivity contribution in [1.82, 2.24) is 4.90 Å². The molecule has 8 heteroatoms. The number of carboxylic acids is 1. The van der Waals surface area contributed by atoms with E-state index >= 15 is 0 Å². The number of amides is 1. The predicted molar refractivity (Wildman–Crippen MR) is 171 cm³/mol. The summed E-state index contributed by atoms with van der Waals surface area (Å²) in [6.07, 6.45) is 1.95. The van der Waals surface area contributed by atoms with Gasteiger partial charge in [0.05, 0.1) is 17.7 Å². The van der Waals surface area contributed by atoms with E-state index in [0.717, 1.165) is 34.1 Å². The van der Waals surface area contributed by atoms with E-state index in [4.69, 9.17) is 4.99 Å². The van der Waals surface area contributed by atoms with Gasteiger partial charge in [-0.05, 0) is 64.7 Å². The topological polar surface area (TPSA) is 84.1 Å². The summed E-state index contributed by atoms with van der Waals surface area (Å²) in [5.41, 5.74) is 4.48. The fourth-order valence-electron chi connectivity index (χ4n) is 5.19. The Morgan fingerprint density at radius 2 is 1.55 bits per heavy atom. The average molecular weight is 715 g/mol. The number of likely N-dealkylation sites (tertiary alicyclic amines) is 1. The van der Waals surface area contributed by atoms with Crippen LogP contribution < -0.4 is 0 Å². The zero-order valence-corrected chi connectivity index (χ0v) is 26.0. The van der Waals surface area contributed by atoms with Crippen molar-refractivity contribution in [2.75, 3.05) is 6.54 Å². The number of benzene rings is 4. The van der Waals surface area contributed by atoms with E-state index in [-0.39, 0.29) is 34.9 Å². The molecule has 1 aliphatic rings. The Bertz CT molecular complexity index is 1530. The minimum atomic E-state index is -1.01. The van der Waals surface area contributed by atoms with Crippen molar-refractivity contribution in [3.05, 3.63) is 140 Å². The number of carbonyl (C=O) groups excluding carboxylic acids is 1. The molecule has 4 aromatic rings. The maximum absolute atomic E-state index is 13.6. The molecular weight excluding hydrogens is 684 g/mol. The van der Waals surface area contributed by atoms with Crippen molar-refractivity contribution < 1.29 is 31.2 Å². The molecule has 4 aromatic carbocycles. The number of hydrogen-bond donors (Lipinski definition) is 1. The molecule has 2 atom stereocenters. The Labute approximate surface area is 270 Å². The molecule has 0 aliphatic carbocycles. The van der Waals surface area contributed by atoms with Crippen LogP contribution in [0.15, 0.2) is 114 Å². The number of aliphatic carboxylic acids is 1. The standard InChI is InChI=1S/C34H32IN3O3.Ni/c35-28-18-9-7-16-26(28)22-30(34(40)41)36-32(25-14-5-2-6-15-25)27-17-8-10-19-29(27)37-33(39)31-20-11-21-38(31)23-24-12-3-1-4-13-24;/h1-10,12-19,30-31H,11,20-23H2,(H2,36,37,39,40,41);/p-1/t30-,31-;/m0./s1. The number of rotatable bonds is 10. The molecule has 0 unspecified atom stereocenters. The average Bonchev–Trinajstić information content (AvgIpc) is 3.46. The number of halogens is 1. The maximum atomic E-state index is 13.6. The van der Waals surface area contributed by atoms with Crippen LogP contribution in [-0.4, -0.2) is 46.2 Å². The summed E-state index contributed by atoms with van der Waals surface area (Å²) < 4.78 is 0.991. The van der Waals surface area contributed by atoms with Gasteiger partial charge in [-0.15, -0.1) is 5.69 Å². The summed E-state index contributed by atoms with van der Waals surface area (Å²) in [7, 11) is 0. The third kappa shape index (κ3) is 7.94. The molecule has 0 saturated carbocycles. The van der Waals surface area contributed by atoms with E-state index in [1.807, 2.05) is 91.0 Å². The van der Waals surface area contributed by atoms with Gasteiger partial charge in [0.25, 0.3) is 0 Å².